The van der Waals surface area contributed by atoms with Crippen LogP contribution in [0.5, 0.6) is 5.75 Å². The van der Waals surface area contributed by atoms with Crippen molar-refractivity contribution in [3.05, 3.63) is 53.0 Å². The van der Waals surface area contributed by atoms with Gasteiger partial charge in [-0.2, -0.15) is 13.2 Å². The second-order valence-corrected chi connectivity index (χ2v) is 8.17. The minimum absolute atomic E-state index is 0.0128. The highest BCUT2D eigenvalue weighted by Crippen LogP contribution is 2.31. The minimum atomic E-state index is -4.48. The van der Waals surface area contributed by atoms with Crippen LogP contribution in [0.2, 0.25) is 0 Å². The Balaban J connectivity index is 1.41. The summed E-state index contributed by atoms with van der Waals surface area (Å²) in [6.07, 6.45) is -1.55. The Morgan fingerprint density at radius 2 is 2.06 bits per heavy atom. The molecule has 7 nitrogen and oxygen atoms in total. The molecule has 1 aromatic carbocycles. The van der Waals surface area contributed by atoms with E-state index >= 15 is 0 Å². The zero-order valence-electron chi connectivity index (χ0n) is 18.2. The molecular weight excluding hydrogens is 437 g/mol. The molecule has 0 saturated carbocycles. The van der Waals surface area contributed by atoms with Gasteiger partial charge in [0.1, 0.15) is 29.8 Å². The topological polar surface area (TPSA) is 89.3 Å². The van der Waals surface area contributed by atoms with Crippen LogP contribution in [-0.2, 0) is 19.1 Å². The summed E-state index contributed by atoms with van der Waals surface area (Å²) in [6, 6.07) is 6.08. The van der Waals surface area contributed by atoms with Gasteiger partial charge in [-0.05, 0) is 44.0 Å². The quantitative estimate of drug-likeness (QED) is 0.584. The summed E-state index contributed by atoms with van der Waals surface area (Å²) in [5.41, 5.74) is 1.45. The van der Waals surface area contributed by atoms with Crippen molar-refractivity contribution in [1.29, 1.82) is 0 Å². The van der Waals surface area contributed by atoms with Gasteiger partial charge in [0.25, 0.3) is 5.91 Å². The van der Waals surface area contributed by atoms with Crippen molar-refractivity contribution >= 4 is 17.1 Å². The van der Waals surface area contributed by atoms with Crippen LogP contribution in [0.15, 0.2) is 30.3 Å². The van der Waals surface area contributed by atoms with E-state index in [1.165, 1.54) is 12.1 Å². The Labute approximate surface area is 188 Å². The smallest absolute Gasteiger partial charge is 0.416 e. The van der Waals surface area contributed by atoms with Gasteiger partial charge in [-0.25, -0.2) is 9.97 Å². The molecule has 0 fully saturated rings. The summed E-state index contributed by atoms with van der Waals surface area (Å²) in [4.78, 5) is 22.1. The summed E-state index contributed by atoms with van der Waals surface area (Å²) >= 11 is 0. The zero-order chi connectivity index (χ0) is 23.6. The largest absolute Gasteiger partial charge is 0.491 e. The Morgan fingerprint density at radius 1 is 1.24 bits per heavy atom. The first-order chi connectivity index (χ1) is 15.7. The number of nitrogens with one attached hydrogen (secondary N) is 1. The van der Waals surface area contributed by atoms with Crippen molar-refractivity contribution in [2.75, 3.05) is 13.2 Å². The van der Waals surface area contributed by atoms with Gasteiger partial charge in [0.2, 0.25) is 0 Å². The van der Waals surface area contributed by atoms with Crippen LogP contribution in [0.1, 0.15) is 46.7 Å². The number of aliphatic hydroxyl groups excluding tert-OH is 1. The number of rotatable bonds is 6. The fourth-order valence-corrected chi connectivity index (χ4v) is 3.91. The molecule has 0 bridgehead atoms. The van der Waals surface area contributed by atoms with Gasteiger partial charge in [0, 0.05) is 25.2 Å². The molecule has 0 radical (unpaired) electrons. The van der Waals surface area contributed by atoms with Crippen molar-refractivity contribution in [2.45, 2.75) is 51.4 Å². The number of hydrogen-bond donors (Lipinski definition) is 2. The number of amides is 1. The van der Waals surface area contributed by atoms with E-state index in [1.807, 2.05) is 6.92 Å². The van der Waals surface area contributed by atoms with Crippen molar-refractivity contribution < 1.29 is 27.8 Å². The van der Waals surface area contributed by atoms with Crippen LogP contribution < -0.4 is 10.1 Å². The monoisotopic (exact) mass is 462 g/mol. The molecule has 2 N–H and O–H groups in total. The molecule has 33 heavy (non-hydrogen) atoms. The van der Waals surface area contributed by atoms with Crippen LogP contribution in [0, 0.1) is 6.92 Å². The third-order valence-corrected chi connectivity index (χ3v) is 5.54. The van der Waals surface area contributed by atoms with E-state index in [1.54, 1.807) is 6.07 Å². The third kappa shape index (κ3) is 5.27. The molecule has 3 heterocycles. The van der Waals surface area contributed by atoms with Crippen LogP contribution in [0.3, 0.4) is 0 Å². The van der Waals surface area contributed by atoms with Crippen LogP contribution in [0.25, 0.3) is 11.2 Å². The van der Waals surface area contributed by atoms with Crippen LogP contribution >= 0.6 is 0 Å². The van der Waals surface area contributed by atoms with Gasteiger partial charge in [-0.1, -0.05) is 12.5 Å². The number of carbonyl (C=O) groups is 1. The lowest BCUT2D eigenvalue weighted by Crippen LogP contribution is -2.35. The van der Waals surface area contributed by atoms with Gasteiger partial charge in [-0.3, -0.25) is 4.79 Å². The van der Waals surface area contributed by atoms with Crippen molar-refractivity contribution in [1.82, 2.24) is 19.9 Å². The number of pyridine rings is 1. The molecule has 10 heteroatoms. The fourth-order valence-electron chi connectivity index (χ4n) is 3.91. The number of nitrogens with zero attached hydrogens (tertiary/aromatic N) is 3. The van der Waals surface area contributed by atoms with E-state index in [4.69, 9.17) is 4.74 Å². The molecule has 2 aromatic heterocycles. The summed E-state index contributed by atoms with van der Waals surface area (Å²) in [7, 11) is 0. The van der Waals surface area contributed by atoms with Crippen LogP contribution in [-0.4, -0.2) is 44.8 Å². The lowest BCUT2D eigenvalue weighted by molar-refractivity contribution is -0.137. The van der Waals surface area contributed by atoms with Gasteiger partial charge in [0.15, 0.2) is 5.65 Å². The van der Waals surface area contributed by atoms with Gasteiger partial charge in [0.05, 0.1) is 11.1 Å². The summed E-state index contributed by atoms with van der Waals surface area (Å²) in [5.74, 6) is 0.502. The molecule has 0 spiro atoms. The van der Waals surface area contributed by atoms with Gasteiger partial charge in [-0.15, -0.1) is 0 Å². The zero-order valence-corrected chi connectivity index (χ0v) is 18.2. The van der Waals surface area contributed by atoms with Gasteiger partial charge >= 0.3 is 6.18 Å². The first kappa shape index (κ1) is 23.0. The molecule has 1 atom stereocenters. The molecule has 0 saturated heterocycles. The van der Waals surface area contributed by atoms with E-state index in [-0.39, 0.29) is 18.9 Å². The number of alkyl halides is 3. The molecule has 176 valence electrons. The normalized spacial score (nSPS) is 15.1. The minimum Gasteiger partial charge on any atom is -0.491 e. The van der Waals surface area contributed by atoms with Crippen molar-refractivity contribution in [3.8, 4) is 5.75 Å². The molecule has 1 aliphatic rings. The third-order valence-electron chi connectivity index (χ3n) is 5.54. The summed E-state index contributed by atoms with van der Waals surface area (Å²) < 4.78 is 45.8. The average molecular weight is 462 g/mol. The number of carbonyl (C=O) groups excluding carboxylic acids is 1. The number of aromatic nitrogens is 3. The number of aryl methyl sites for hydroxylation is 3. The maximum absolute atomic E-state index is 12.9. The molecule has 0 aliphatic carbocycles. The second kappa shape index (κ2) is 9.38. The van der Waals surface area contributed by atoms with E-state index in [2.05, 4.69) is 19.9 Å². The Bertz CT molecular complexity index is 1160. The predicted molar refractivity (Wildman–Crippen MR) is 115 cm³/mol. The Hall–Kier alpha value is -3.14. The molecule has 1 amide bonds. The highest BCUT2D eigenvalue weighted by Gasteiger charge is 2.30. The standard InChI is InChI=1S/C23H25F3N4O3/c1-14-10-18(20-21(28-14)30-9-4-2-3-8-19(30)29-20)22(32)27-12-16(31)13-33-17-7-5-6-15(11-17)23(24,25)26/h5-7,10-11,16,31H,2-4,8-9,12-13H2,1H3,(H,27,32). The van der Waals surface area contributed by atoms with E-state index in [9.17, 15) is 23.1 Å². The summed E-state index contributed by atoms with van der Waals surface area (Å²) in [6.45, 7) is 2.22. The molecule has 3 aromatic rings. The number of benzene rings is 1. The van der Waals surface area contributed by atoms with Crippen molar-refractivity contribution in [2.24, 2.45) is 0 Å². The second-order valence-electron chi connectivity index (χ2n) is 8.17. The van der Waals surface area contributed by atoms with E-state index in [0.717, 1.165) is 50.2 Å². The average Bonchev–Trinajstić information content (AvgIpc) is 2.95. The predicted octanol–water partition coefficient (Wildman–Crippen LogP) is 3.65. The fraction of sp³-hybridized carbons (Fsp3) is 0.435. The maximum atomic E-state index is 12.9. The highest BCUT2D eigenvalue weighted by molar-refractivity contribution is 6.04. The summed E-state index contributed by atoms with van der Waals surface area (Å²) in [5, 5.41) is 12.8. The number of ether oxygens (including phenoxy) is 1. The highest BCUT2D eigenvalue weighted by atomic mass is 19.4. The SMILES string of the molecule is Cc1cc(C(=O)NCC(O)COc2cccc(C(F)(F)F)c2)c2nc3n(c2n1)CCCCC3. The van der Waals surface area contributed by atoms with E-state index < -0.39 is 23.8 Å². The van der Waals surface area contributed by atoms with Crippen LogP contribution in [0.4, 0.5) is 13.2 Å². The lowest BCUT2D eigenvalue weighted by Gasteiger charge is -2.15. The lowest BCUT2D eigenvalue weighted by atomic mass is 10.2. The maximum Gasteiger partial charge on any atom is 0.416 e. The molecule has 1 unspecified atom stereocenters. The number of halogens is 3. The first-order valence-corrected chi connectivity index (χ1v) is 10.9. The molecule has 4 rings (SSSR count). The van der Waals surface area contributed by atoms with Crippen molar-refractivity contribution in [3.63, 3.8) is 0 Å². The van der Waals surface area contributed by atoms with E-state index in [0.29, 0.717) is 22.4 Å². The van der Waals surface area contributed by atoms with Gasteiger partial charge < -0.3 is 19.7 Å². The first-order valence-electron chi connectivity index (χ1n) is 10.9. The number of imidazole rings is 1. The number of hydrogen-bond acceptors (Lipinski definition) is 5. The Morgan fingerprint density at radius 3 is 2.85 bits per heavy atom. The molecule has 1 aliphatic heterocycles. The number of aliphatic hydroxyl groups is 1. The molecular formula is C23H25F3N4O3. The number of fused-ring (bicyclic) bond motifs is 3. The Kier molecular flexibility index (Phi) is 6.55.